The van der Waals surface area contributed by atoms with Gasteiger partial charge in [-0.2, -0.15) is 0 Å². The van der Waals surface area contributed by atoms with Gasteiger partial charge in [-0.1, -0.05) is 18.2 Å². The first kappa shape index (κ1) is 14.6. The maximum Gasteiger partial charge on any atom is 0.127 e. The molecule has 3 rings (SSSR count). The number of aromatic hydroxyl groups is 2. The predicted octanol–water partition coefficient (Wildman–Crippen LogP) is 3.66. The number of phenolic OH excluding ortho intramolecular Hbond substituents is 2. The molecular formula is C18H18FNO2. The molecule has 1 saturated heterocycles. The average Bonchev–Trinajstić information content (AvgIpc) is 2.93. The molecule has 1 fully saturated rings. The van der Waals surface area contributed by atoms with Crippen LogP contribution >= 0.6 is 0 Å². The highest BCUT2D eigenvalue weighted by Gasteiger charge is 2.25. The molecule has 1 aliphatic heterocycles. The van der Waals surface area contributed by atoms with Crippen LogP contribution in [0.25, 0.3) is 6.08 Å². The van der Waals surface area contributed by atoms with Gasteiger partial charge in [-0.3, -0.25) is 0 Å². The van der Waals surface area contributed by atoms with E-state index in [1.165, 1.54) is 12.1 Å². The normalized spacial score (nSPS) is 19.7. The zero-order valence-corrected chi connectivity index (χ0v) is 12.3. The Hall–Kier alpha value is -2.33. The van der Waals surface area contributed by atoms with Crippen molar-refractivity contribution >= 4 is 6.08 Å². The molecule has 3 nitrogen and oxygen atoms in total. The molecule has 2 aromatic carbocycles. The predicted molar refractivity (Wildman–Crippen MR) is 84.2 cm³/mol. The van der Waals surface area contributed by atoms with Crippen LogP contribution in [0.1, 0.15) is 29.2 Å². The third kappa shape index (κ3) is 2.70. The summed E-state index contributed by atoms with van der Waals surface area (Å²) in [6, 6.07) is 9.63. The molecule has 0 aromatic heterocycles. The second kappa shape index (κ2) is 5.81. The van der Waals surface area contributed by atoms with Gasteiger partial charge in [-0.25, -0.2) is 4.39 Å². The Balaban J connectivity index is 1.99. The number of rotatable bonds is 2. The summed E-state index contributed by atoms with van der Waals surface area (Å²) in [7, 11) is 0. The molecule has 0 saturated carbocycles. The van der Waals surface area contributed by atoms with Gasteiger partial charge in [0.2, 0.25) is 0 Å². The Morgan fingerprint density at radius 2 is 2.05 bits per heavy atom. The van der Waals surface area contributed by atoms with Crippen molar-refractivity contribution in [3.63, 3.8) is 0 Å². The summed E-state index contributed by atoms with van der Waals surface area (Å²) in [5, 5.41) is 23.3. The van der Waals surface area contributed by atoms with E-state index in [1.54, 1.807) is 25.1 Å². The molecule has 0 amide bonds. The summed E-state index contributed by atoms with van der Waals surface area (Å²) in [6.45, 7) is 2.48. The van der Waals surface area contributed by atoms with Crippen molar-refractivity contribution < 1.29 is 14.6 Å². The number of benzene rings is 2. The minimum absolute atomic E-state index is 0.0786. The SMILES string of the molecule is Cc1c(O)ccc(C2NCC/C2=C\c2cccc(F)c2)c1O. The lowest BCUT2D eigenvalue weighted by Gasteiger charge is -2.17. The zero-order chi connectivity index (χ0) is 15.7. The summed E-state index contributed by atoms with van der Waals surface area (Å²) in [5.74, 6) is -0.0837. The molecule has 3 N–H and O–H groups in total. The van der Waals surface area contributed by atoms with E-state index in [2.05, 4.69) is 5.32 Å². The second-order valence-electron chi connectivity index (χ2n) is 5.56. The molecule has 0 aliphatic carbocycles. The number of phenols is 2. The highest BCUT2D eigenvalue weighted by atomic mass is 19.1. The fraction of sp³-hybridized carbons (Fsp3) is 0.222. The minimum atomic E-state index is -0.264. The summed E-state index contributed by atoms with van der Waals surface area (Å²) >= 11 is 0. The van der Waals surface area contributed by atoms with Gasteiger partial charge in [0.1, 0.15) is 17.3 Å². The third-order valence-electron chi connectivity index (χ3n) is 4.08. The molecule has 1 heterocycles. The fourth-order valence-corrected chi connectivity index (χ4v) is 2.86. The fourth-order valence-electron chi connectivity index (χ4n) is 2.86. The summed E-state index contributed by atoms with van der Waals surface area (Å²) < 4.78 is 13.3. The van der Waals surface area contributed by atoms with Gasteiger partial charge in [-0.15, -0.1) is 0 Å². The Kier molecular flexibility index (Phi) is 3.86. The first-order chi connectivity index (χ1) is 10.6. The van der Waals surface area contributed by atoms with Crippen molar-refractivity contribution in [3.05, 3.63) is 64.5 Å². The van der Waals surface area contributed by atoms with E-state index in [1.807, 2.05) is 12.1 Å². The van der Waals surface area contributed by atoms with Crippen LogP contribution in [0, 0.1) is 12.7 Å². The maximum atomic E-state index is 13.3. The number of hydrogen-bond donors (Lipinski definition) is 3. The molecule has 2 aromatic rings. The second-order valence-corrected chi connectivity index (χ2v) is 5.56. The molecule has 0 radical (unpaired) electrons. The van der Waals surface area contributed by atoms with Crippen LogP contribution in [-0.4, -0.2) is 16.8 Å². The van der Waals surface area contributed by atoms with Crippen LogP contribution in [0.5, 0.6) is 11.5 Å². The van der Waals surface area contributed by atoms with Gasteiger partial charge in [0.25, 0.3) is 0 Å². The van der Waals surface area contributed by atoms with Gasteiger partial charge >= 0.3 is 0 Å². The summed E-state index contributed by atoms with van der Waals surface area (Å²) in [6.07, 6.45) is 2.79. The molecule has 0 bridgehead atoms. The lowest BCUT2D eigenvalue weighted by atomic mass is 9.95. The quantitative estimate of drug-likeness (QED) is 0.793. The van der Waals surface area contributed by atoms with Crippen molar-refractivity contribution in [2.45, 2.75) is 19.4 Å². The van der Waals surface area contributed by atoms with Gasteiger partial charge in [-0.05, 0) is 55.3 Å². The Labute approximate surface area is 128 Å². The number of hydrogen-bond acceptors (Lipinski definition) is 3. The largest absolute Gasteiger partial charge is 0.508 e. The molecular weight excluding hydrogens is 281 g/mol. The third-order valence-corrected chi connectivity index (χ3v) is 4.08. The van der Waals surface area contributed by atoms with E-state index >= 15 is 0 Å². The van der Waals surface area contributed by atoms with Gasteiger partial charge < -0.3 is 15.5 Å². The van der Waals surface area contributed by atoms with Crippen LogP contribution in [0.2, 0.25) is 0 Å². The molecule has 1 aliphatic rings. The van der Waals surface area contributed by atoms with Gasteiger partial charge in [0.05, 0.1) is 6.04 Å². The summed E-state index contributed by atoms with van der Waals surface area (Å²) in [4.78, 5) is 0. The van der Waals surface area contributed by atoms with Crippen LogP contribution < -0.4 is 5.32 Å². The van der Waals surface area contributed by atoms with E-state index in [9.17, 15) is 14.6 Å². The number of nitrogens with one attached hydrogen (secondary N) is 1. The van der Waals surface area contributed by atoms with Crippen molar-refractivity contribution in [1.29, 1.82) is 0 Å². The van der Waals surface area contributed by atoms with E-state index in [0.717, 1.165) is 29.7 Å². The van der Waals surface area contributed by atoms with Gasteiger partial charge in [0, 0.05) is 11.1 Å². The topological polar surface area (TPSA) is 52.5 Å². The lowest BCUT2D eigenvalue weighted by Crippen LogP contribution is -2.14. The maximum absolute atomic E-state index is 13.3. The van der Waals surface area contributed by atoms with Crippen LogP contribution in [0.4, 0.5) is 4.39 Å². The molecule has 1 unspecified atom stereocenters. The highest BCUT2D eigenvalue weighted by molar-refractivity contribution is 5.59. The smallest absolute Gasteiger partial charge is 0.127 e. The van der Waals surface area contributed by atoms with E-state index in [4.69, 9.17) is 0 Å². The van der Waals surface area contributed by atoms with Crippen LogP contribution in [-0.2, 0) is 0 Å². The van der Waals surface area contributed by atoms with E-state index in [-0.39, 0.29) is 23.4 Å². The first-order valence-electron chi connectivity index (χ1n) is 7.27. The lowest BCUT2D eigenvalue weighted by molar-refractivity contribution is 0.435. The monoisotopic (exact) mass is 299 g/mol. The molecule has 22 heavy (non-hydrogen) atoms. The first-order valence-corrected chi connectivity index (χ1v) is 7.27. The van der Waals surface area contributed by atoms with Crippen molar-refractivity contribution in [3.8, 4) is 11.5 Å². The molecule has 114 valence electrons. The van der Waals surface area contributed by atoms with E-state index < -0.39 is 0 Å². The van der Waals surface area contributed by atoms with Crippen molar-refractivity contribution in [1.82, 2.24) is 5.32 Å². The zero-order valence-electron chi connectivity index (χ0n) is 12.3. The van der Waals surface area contributed by atoms with Crippen molar-refractivity contribution in [2.24, 2.45) is 0 Å². The molecule has 0 spiro atoms. The standard InChI is InChI=1S/C18H18FNO2/c1-11-16(21)6-5-15(18(11)22)17-13(7-8-20-17)9-12-3-2-4-14(19)10-12/h2-6,9-10,17,20-22H,7-8H2,1H3/b13-9+. The van der Waals surface area contributed by atoms with Crippen molar-refractivity contribution in [2.75, 3.05) is 6.54 Å². The van der Waals surface area contributed by atoms with Gasteiger partial charge in [0.15, 0.2) is 0 Å². The van der Waals surface area contributed by atoms with Crippen LogP contribution in [0.3, 0.4) is 0 Å². The summed E-state index contributed by atoms with van der Waals surface area (Å²) in [5.41, 5.74) is 3.09. The average molecular weight is 299 g/mol. The van der Waals surface area contributed by atoms with Crippen LogP contribution in [0.15, 0.2) is 42.0 Å². The van der Waals surface area contributed by atoms with E-state index in [0.29, 0.717) is 5.56 Å². The molecule has 4 heteroatoms. The minimum Gasteiger partial charge on any atom is -0.508 e. The Bertz CT molecular complexity index is 740. The molecule has 1 atom stereocenters. The Morgan fingerprint density at radius 1 is 1.23 bits per heavy atom. The number of halogens is 1. The Morgan fingerprint density at radius 3 is 2.82 bits per heavy atom. The highest BCUT2D eigenvalue weighted by Crippen LogP contribution is 2.39.